The summed E-state index contributed by atoms with van der Waals surface area (Å²) in [6.45, 7) is 1.41. The maximum absolute atomic E-state index is 14.3. The van der Waals surface area contributed by atoms with Gasteiger partial charge in [-0.3, -0.25) is 14.5 Å². The predicted octanol–water partition coefficient (Wildman–Crippen LogP) is 5.88. The van der Waals surface area contributed by atoms with Crippen LogP contribution in [0.25, 0.3) is 0 Å². The van der Waals surface area contributed by atoms with Crippen molar-refractivity contribution in [2.75, 3.05) is 11.5 Å². The van der Waals surface area contributed by atoms with E-state index in [-0.39, 0.29) is 23.4 Å². The maximum Gasteiger partial charge on any atom is 0.265 e. The molecule has 1 fully saturated rings. The smallest absolute Gasteiger partial charge is 0.265 e. The number of nitrogens with zero attached hydrogens (tertiary/aromatic N) is 1. The molecule has 4 rings (SSSR count). The first-order valence-electron chi connectivity index (χ1n) is 12.2. The van der Waals surface area contributed by atoms with E-state index in [1.54, 1.807) is 18.2 Å². The average Bonchev–Trinajstić information content (AvgIpc) is 2.87. The molecule has 0 spiro atoms. The Kier molecular flexibility index (Phi) is 8.31. The maximum atomic E-state index is 14.3. The lowest BCUT2D eigenvalue weighted by molar-refractivity contribution is -0.128. The molecular formula is C29H30F2N2O3. The van der Waals surface area contributed by atoms with Crippen LogP contribution >= 0.6 is 0 Å². The van der Waals surface area contributed by atoms with Crippen LogP contribution in [0.4, 0.5) is 14.5 Å². The summed E-state index contributed by atoms with van der Waals surface area (Å²) in [5.74, 6) is -1.74. The van der Waals surface area contributed by atoms with Crippen molar-refractivity contribution < 1.29 is 23.1 Å². The number of anilines is 1. The Labute approximate surface area is 210 Å². The van der Waals surface area contributed by atoms with Gasteiger partial charge < -0.3 is 10.1 Å². The van der Waals surface area contributed by atoms with E-state index in [9.17, 15) is 18.4 Å². The fourth-order valence-electron chi connectivity index (χ4n) is 4.65. The zero-order valence-corrected chi connectivity index (χ0v) is 20.3. The van der Waals surface area contributed by atoms with Crippen LogP contribution in [-0.4, -0.2) is 24.5 Å². The Morgan fingerprint density at radius 3 is 2.33 bits per heavy atom. The minimum atomic E-state index is -1.04. The van der Waals surface area contributed by atoms with Gasteiger partial charge in [0.25, 0.3) is 5.91 Å². The Morgan fingerprint density at radius 2 is 1.64 bits per heavy atom. The largest absolute Gasteiger partial charge is 0.484 e. The molecule has 3 aromatic rings. The molecule has 3 aromatic carbocycles. The second-order valence-electron chi connectivity index (χ2n) is 9.09. The molecule has 0 aromatic heterocycles. The number of rotatable bonds is 8. The molecule has 0 saturated heterocycles. The van der Waals surface area contributed by atoms with Gasteiger partial charge in [-0.2, -0.15) is 0 Å². The molecule has 1 N–H and O–H groups in total. The molecule has 1 unspecified atom stereocenters. The van der Waals surface area contributed by atoms with E-state index in [0.29, 0.717) is 5.56 Å². The van der Waals surface area contributed by atoms with Crippen LogP contribution < -0.4 is 15.0 Å². The van der Waals surface area contributed by atoms with Crippen molar-refractivity contribution in [2.24, 2.45) is 0 Å². The summed E-state index contributed by atoms with van der Waals surface area (Å²) in [4.78, 5) is 28.7. The summed E-state index contributed by atoms with van der Waals surface area (Å²) in [5.41, 5.74) is 1.69. The molecular weight excluding hydrogens is 462 g/mol. The molecule has 188 valence electrons. The summed E-state index contributed by atoms with van der Waals surface area (Å²) in [6.07, 6.45) is 4.96. The van der Waals surface area contributed by atoms with Crippen molar-refractivity contribution in [3.63, 3.8) is 0 Å². The van der Waals surface area contributed by atoms with E-state index in [1.807, 2.05) is 19.1 Å². The summed E-state index contributed by atoms with van der Waals surface area (Å²) < 4.78 is 33.5. The number of carbonyl (C=O) groups excluding carboxylic acids is 2. The first-order valence-corrected chi connectivity index (χ1v) is 12.2. The molecule has 0 aliphatic heterocycles. The second-order valence-corrected chi connectivity index (χ2v) is 9.09. The second kappa shape index (κ2) is 11.8. The number of carbonyl (C=O) groups is 2. The van der Waals surface area contributed by atoms with Gasteiger partial charge in [0.05, 0.1) is 0 Å². The monoisotopic (exact) mass is 492 g/mol. The fraction of sp³-hybridized carbons (Fsp3) is 0.310. The summed E-state index contributed by atoms with van der Waals surface area (Å²) >= 11 is 0. The topological polar surface area (TPSA) is 58.6 Å². The number of hydrogen-bond acceptors (Lipinski definition) is 3. The highest BCUT2D eigenvalue weighted by Crippen LogP contribution is 2.31. The molecule has 7 heteroatoms. The minimum Gasteiger partial charge on any atom is -0.484 e. The van der Waals surface area contributed by atoms with Gasteiger partial charge in [0.15, 0.2) is 6.61 Å². The van der Waals surface area contributed by atoms with Gasteiger partial charge in [-0.1, -0.05) is 55.7 Å². The Bertz CT molecular complexity index is 1210. The highest BCUT2D eigenvalue weighted by Gasteiger charge is 2.35. The van der Waals surface area contributed by atoms with Crippen molar-refractivity contribution in [3.8, 4) is 5.75 Å². The average molecular weight is 493 g/mol. The Morgan fingerprint density at radius 1 is 0.944 bits per heavy atom. The Balaban J connectivity index is 1.71. The molecule has 1 aliphatic carbocycles. The van der Waals surface area contributed by atoms with E-state index in [4.69, 9.17) is 4.74 Å². The minimum absolute atomic E-state index is 0.0192. The van der Waals surface area contributed by atoms with Gasteiger partial charge in [0, 0.05) is 17.8 Å². The highest BCUT2D eigenvalue weighted by atomic mass is 19.1. The molecule has 1 aliphatic rings. The number of aryl methyl sites for hydroxylation is 1. The van der Waals surface area contributed by atoms with E-state index in [1.165, 1.54) is 47.4 Å². The van der Waals surface area contributed by atoms with Gasteiger partial charge in [0.2, 0.25) is 5.91 Å². The molecule has 0 heterocycles. The number of hydrogen-bond donors (Lipinski definition) is 1. The van der Waals surface area contributed by atoms with Crippen molar-refractivity contribution >= 4 is 17.5 Å². The Hall–Kier alpha value is -3.74. The quantitative estimate of drug-likeness (QED) is 0.428. The van der Waals surface area contributed by atoms with Gasteiger partial charge in [-0.25, -0.2) is 8.78 Å². The van der Waals surface area contributed by atoms with E-state index in [0.717, 1.165) is 37.7 Å². The van der Waals surface area contributed by atoms with E-state index >= 15 is 0 Å². The molecule has 5 nitrogen and oxygen atoms in total. The number of nitrogens with one attached hydrogen (secondary N) is 1. The lowest BCUT2D eigenvalue weighted by Crippen LogP contribution is -2.48. The fourth-order valence-corrected chi connectivity index (χ4v) is 4.65. The van der Waals surface area contributed by atoms with Crippen LogP contribution in [0, 0.1) is 18.6 Å². The molecule has 0 radical (unpaired) electrons. The number of benzene rings is 3. The van der Waals surface area contributed by atoms with Crippen LogP contribution in [0.3, 0.4) is 0 Å². The van der Waals surface area contributed by atoms with E-state index < -0.39 is 30.2 Å². The van der Waals surface area contributed by atoms with Crippen LogP contribution in [0.15, 0.2) is 72.8 Å². The van der Waals surface area contributed by atoms with E-state index in [2.05, 4.69) is 5.32 Å². The normalized spacial score (nSPS) is 14.6. The molecule has 1 saturated carbocycles. The van der Waals surface area contributed by atoms with Gasteiger partial charge in [-0.15, -0.1) is 0 Å². The van der Waals surface area contributed by atoms with Crippen molar-refractivity contribution in [1.29, 1.82) is 0 Å². The van der Waals surface area contributed by atoms with Crippen LogP contribution in [0.2, 0.25) is 0 Å². The summed E-state index contributed by atoms with van der Waals surface area (Å²) in [6, 6.07) is 17.4. The highest BCUT2D eigenvalue weighted by molar-refractivity contribution is 6.02. The zero-order valence-electron chi connectivity index (χ0n) is 20.3. The van der Waals surface area contributed by atoms with Crippen LogP contribution in [-0.2, 0) is 9.59 Å². The number of amides is 2. The third kappa shape index (κ3) is 6.27. The van der Waals surface area contributed by atoms with Gasteiger partial charge in [-0.05, 0) is 61.2 Å². The first kappa shape index (κ1) is 25.4. The van der Waals surface area contributed by atoms with Crippen LogP contribution in [0.5, 0.6) is 5.75 Å². The lowest BCUT2D eigenvalue weighted by atomic mass is 9.93. The summed E-state index contributed by atoms with van der Waals surface area (Å²) in [5, 5.41) is 3.13. The van der Waals surface area contributed by atoms with Crippen molar-refractivity contribution in [2.45, 2.75) is 51.1 Å². The molecule has 1 atom stereocenters. The van der Waals surface area contributed by atoms with Gasteiger partial charge >= 0.3 is 0 Å². The van der Waals surface area contributed by atoms with Crippen LogP contribution in [0.1, 0.15) is 49.3 Å². The standard InChI is InChI=1S/C29H30F2N2O3/c1-20-9-5-6-16-26(20)28(29(35)32-23-12-3-2-4-13-23)33(24-14-7-10-21(30)17-24)27(34)19-36-25-15-8-11-22(31)18-25/h5-11,14-18,23,28H,2-4,12-13,19H2,1H3,(H,32,35). The molecule has 0 bridgehead atoms. The third-order valence-corrected chi connectivity index (χ3v) is 6.45. The lowest BCUT2D eigenvalue weighted by Gasteiger charge is -2.34. The molecule has 2 amide bonds. The number of halogens is 2. The summed E-state index contributed by atoms with van der Waals surface area (Å²) in [7, 11) is 0. The predicted molar refractivity (Wildman–Crippen MR) is 135 cm³/mol. The molecule has 36 heavy (non-hydrogen) atoms. The zero-order chi connectivity index (χ0) is 25.5. The first-order chi connectivity index (χ1) is 17.4. The number of ether oxygens (including phenoxy) is 1. The third-order valence-electron chi connectivity index (χ3n) is 6.45. The van der Waals surface area contributed by atoms with Crippen molar-refractivity contribution in [3.05, 3.63) is 95.6 Å². The van der Waals surface area contributed by atoms with Gasteiger partial charge in [0.1, 0.15) is 23.4 Å². The van der Waals surface area contributed by atoms with Crippen molar-refractivity contribution in [1.82, 2.24) is 5.32 Å². The SMILES string of the molecule is Cc1ccccc1C(C(=O)NC1CCCCC1)N(C(=O)COc1cccc(F)c1)c1cccc(F)c1.